The zero-order chi connectivity index (χ0) is 14.5. The number of pyridine rings is 1. The van der Waals surface area contributed by atoms with Crippen molar-refractivity contribution in [1.82, 2.24) is 15.0 Å². The molecular weight excluding hydrogens is 318 g/mol. The molecule has 6 heteroatoms. The van der Waals surface area contributed by atoms with E-state index in [1.165, 1.54) is 11.8 Å². The van der Waals surface area contributed by atoms with Gasteiger partial charge in [-0.05, 0) is 48.7 Å². The first-order valence-corrected chi connectivity index (χ1v) is 8.21. The van der Waals surface area contributed by atoms with Crippen molar-refractivity contribution in [2.75, 3.05) is 0 Å². The Bertz CT molecular complexity index is 721. The fourth-order valence-electron chi connectivity index (χ4n) is 1.61. The predicted molar refractivity (Wildman–Crippen MR) is 86.8 cm³/mol. The molecule has 0 atom stereocenters. The number of hydrogen-bond acceptors (Lipinski definition) is 5. The minimum Gasteiger partial charge on any atom is -0.250 e. The van der Waals surface area contributed by atoms with Gasteiger partial charge in [-0.2, -0.15) is 0 Å². The van der Waals surface area contributed by atoms with Crippen LogP contribution in [0.15, 0.2) is 85.9 Å². The molecule has 0 N–H and O–H groups in total. The SMILES string of the molecule is [S]c1ncc(Sc2ccccc2)c(Sc2ccccn2)n1. The van der Waals surface area contributed by atoms with Gasteiger partial charge in [0.15, 0.2) is 0 Å². The summed E-state index contributed by atoms with van der Waals surface area (Å²) in [7, 11) is 0. The highest BCUT2D eigenvalue weighted by atomic mass is 32.2. The minimum absolute atomic E-state index is 0.353. The maximum absolute atomic E-state index is 5.07. The second-order valence-electron chi connectivity index (χ2n) is 4.01. The van der Waals surface area contributed by atoms with Crippen LogP contribution in [0, 0.1) is 0 Å². The van der Waals surface area contributed by atoms with Crippen molar-refractivity contribution >= 4 is 36.2 Å². The lowest BCUT2D eigenvalue weighted by atomic mass is 10.4. The van der Waals surface area contributed by atoms with E-state index in [1.807, 2.05) is 36.4 Å². The maximum atomic E-state index is 5.07. The molecule has 21 heavy (non-hydrogen) atoms. The molecule has 0 aliphatic heterocycles. The quantitative estimate of drug-likeness (QED) is 0.511. The number of nitrogens with zero attached hydrogens (tertiary/aromatic N) is 3. The van der Waals surface area contributed by atoms with Crippen molar-refractivity contribution in [3.05, 3.63) is 60.9 Å². The van der Waals surface area contributed by atoms with E-state index in [0.29, 0.717) is 5.16 Å². The van der Waals surface area contributed by atoms with E-state index >= 15 is 0 Å². The van der Waals surface area contributed by atoms with Gasteiger partial charge in [-0.1, -0.05) is 36.0 Å². The monoisotopic (exact) mass is 328 g/mol. The van der Waals surface area contributed by atoms with Gasteiger partial charge < -0.3 is 0 Å². The van der Waals surface area contributed by atoms with E-state index in [4.69, 9.17) is 12.6 Å². The third kappa shape index (κ3) is 3.93. The lowest BCUT2D eigenvalue weighted by molar-refractivity contribution is 0.841. The molecule has 0 bridgehead atoms. The Kier molecular flexibility index (Phi) is 4.69. The van der Waals surface area contributed by atoms with Crippen LogP contribution in [0.25, 0.3) is 0 Å². The summed E-state index contributed by atoms with van der Waals surface area (Å²) in [6, 6.07) is 15.9. The molecule has 0 fully saturated rings. The Hall–Kier alpha value is -1.63. The summed E-state index contributed by atoms with van der Waals surface area (Å²) in [6.45, 7) is 0. The smallest absolute Gasteiger partial charge is 0.220 e. The number of aromatic nitrogens is 3. The van der Waals surface area contributed by atoms with E-state index in [0.717, 1.165) is 19.8 Å². The summed E-state index contributed by atoms with van der Waals surface area (Å²) in [5.41, 5.74) is 0. The first-order valence-electron chi connectivity index (χ1n) is 6.17. The van der Waals surface area contributed by atoms with Gasteiger partial charge in [0.1, 0.15) is 10.1 Å². The summed E-state index contributed by atoms with van der Waals surface area (Å²) >= 11 is 8.19. The Morgan fingerprint density at radius 3 is 2.43 bits per heavy atom. The molecule has 0 spiro atoms. The molecule has 103 valence electrons. The van der Waals surface area contributed by atoms with Crippen LogP contribution in [0.2, 0.25) is 0 Å². The molecule has 0 aliphatic carbocycles. The fraction of sp³-hybridized carbons (Fsp3) is 0. The molecule has 3 rings (SSSR count). The molecule has 2 heterocycles. The lowest BCUT2D eigenvalue weighted by Crippen LogP contribution is -1.90. The molecule has 0 unspecified atom stereocenters. The fourth-order valence-corrected chi connectivity index (χ4v) is 3.59. The van der Waals surface area contributed by atoms with Crippen molar-refractivity contribution in [1.29, 1.82) is 0 Å². The van der Waals surface area contributed by atoms with E-state index in [1.54, 1.807) is 24.2 Å². The Morgan fingerprint density at radius 2 is 1.67 bits per heavy atom. The molecule has 0 amide bonds. The lowest BCUT2D eigenvalue weighted by Gasteiger charge is -2.07. The van der Waals surface area contributed by atoms with Crippen molar-refractivity contribution in [3.63, 3.8) is 0 Å². The van der Waals surface area contributed by atoms with Crippen molar-refractivity contribution in [2.45, 2.75) is 25.0 Å². The van der Waals surface area contributed by atoms with Gasteiger partial charge in [-0.15, -0.1) is 0 Å². The molecule has 1 aromatic carbocycles. The zero-order valence-electron chi connectivity index (χ0n) is 10.8. The highest BCUT2D eigenvalue weighted by Crippen LogP contribution is 2.36. The highest BCUT2D eigenvalue weighted by Gasteiger charge is 2.10. The second kappa shape index (κ2) is 6.89. The third-order valence-electron chi connectivity index (χ3n) is 2.51. The first kappa shape index (κ1) is 14.3. The van der Waals surface area contributed by atoms with Crippen LogP contribution in [-0.2, 0) is 0 Å². The van der Waals surface area contributed by atoms with Gasteiger partial charge in [0.2, 0.25) is 5.16 Å². The van der Waals surface area contributed by atoms with Gasteiger partial charge in [-0.25, -0.2) is 15.0 Å². The normalized spacial score (nSPS) is 10.5. The van der Waals surface area contributed by atoms with Crippen LogP contribution in [0.1, 0.15) is 0 Å². The van der Waals surface area contributed by atoms with Crippen molar-refractivity contribution < 1.29 is 0 Å². The van der Waals surface area contributed by atoms with Crippen LogP contribution in [0.4, 0.5) is 0 Å². The molecule has 3 nitrogen and oxygen atoms in total. The predicted octanol–water partition coefficient (Wildman–Crippen LogP) is 4.73. The second-order valence-corrected chi connectivity index (χ2v) is 6.50. The summed E-state index contributed by atoms with van der Waals surface area (Å²) in [6.07, 6.45) is 3.54. The summed E-state index contributed by atoms with van der Waals surface area (Å²) in [5.74, 6) is 0. The largest absolute Gasteiger partial charge is 0.250 e. The number of hydrogen-bond donors (Lipinski definition) is 0. The van der Waals surface area contributed by atoms with E-state index in [2.05, 4.69) is 27.1 Å². The van der Waals surface area contributed by atoms with Gasteiger partial charge in [-0.3, -0.25) is 0 Å². The molecule has 3 aromatic rings. The van der Waals surface area contributed by atoms with E-state index in [-0.39, 0.29) is 0 Å². The van der Waals surface area contributed by atoms with Crippen LogP contribution in [0.5, 0.6) is 0 Å². The van der Waals surface area contributed by atoms with E-state index < -0.39 is 0 Å². The van der Waals surface area contributed by atoms with Gasteiger partial charge in [0.05, 0.1) is 4.90 Å². The summed E-state index contributed by atoms with van der Waals surface area (Å²) in [4.78, 5) is 14.9. The number of rotatable bonds is 4. The van der Waals surface area contributed by atoms with Crippen LogP contribution in [0.3, 0.4) is 0 Å². The zero-order valence-corrected chi connectivity index (χ0v) is 13.3. The topological polar surface area (TPSA) is 38.7 Å². The van der Waals surface area contributed by atoms with Crippen LogP contribution >= 0.6 is 36.2 Å². The van der Waals surface area contributed by atoms with Gasteiger partial charge >= 0.3 is 0 Å². The Morgan fingerprint density at radius 1 is 0.857 bits per heavy atom. The first-order chi connectivity index (χ1) is 10.3. The molecule has 1 radical (unpaired) electrons. The Balaban J connectivity index is 1.90. The number of benzene rings is 1. The average Bonchev–Trinajstić information content (AvgIpc) is 2.52. The molecule has 2 aromatic heterocycles. The molecule has 0 saturated carbocycles. The summed E-state index contributed by atoms with van der Waals surface area (Å²) < 4.78 is 0. The average molecular weight is 328 g/mol. The Labute approximate surface area is 137 Å². The third-order valence-corrected chi connectivity index (χ3v) is 4.82. The molecular formula is C15H10N3S3. The van der Waals surface area contributed by atoms with Gasteiger partial charge in [0.25, 0.3) is 0 Å². The standard InChI is InChI=1S/C15H10N3S3/c19-15-17-10-12(20-11-6-2-1-3-7-11)14(18-15)21-13-8-4-5-9-16-13/h1-10H. The maximum Gasteiger partial charge on any atom is 0.220 e. The van der Waals surface area contributed by atoms with Gasteiger partial charge in [0, 0.05) is 17.3 Å². The van der Waals surface area contributed by atoms with Crippen molar-refractivity contribution in [2.24, 2.45) is 0 Å². The molecule has 0 aliphatic rings. The van der Waals surface area contributed by atoms with Crippen LogP contribution < -0.4 is 0 Å². The van der Waals surface area contributed by atoms with Crippen molar-refractivity contribution in [3.8, 4) is 0 Å². The highest BCUT2D eigenvalue weighted by molar-refractivity contribution is 8.02. The van der Waals surface area contributed by atoms with E-state index in [9.17, 15) is 0 Å². The summed E-state index contributed by atoms with van der Waals surface area (Å²) in [5, 5.41) is 2.08. The van der Waals surface area contributed by atoms with Crippen LogP contribution in [-0.4, -0.2) is 15.0 Å². The minimum atomic E-state index is 0.353. The molecule has 0 saturated heterocycles.